The number of thioether (sulfide) groups is 1. The zero-order valence-corrected chi connectivity index (χ0v) is 17.5. The van der Waals surface area contributed by atoms with Crippen LogP contribution in [-0.4, -0.2) is 64.9 Å². The van der Waals surface area contributed by atoms with Gasteiger partial charge in [-0.1, -0.05) is 12.1 Å². The topological polar surface area (TPSA) is 113 Å². The van der Waals surface area contributed by atoms with Crippen LogP contribution in [0.5, 0.6) is 5.75 Å². The van der Waals surface area contributed by atoms with Crippen molar-refractivity contribution in [3.63, 3.8) is 0 Å². The molecule has 2 saturated heterocycles. The number of imide groups is 2. The third kappa shape index (κ3) is 5.90. The molecule has 1 aromatic rings. The number of halogens is 2. The summed E-state index contributed by atoms with van der Waals surface area (Å²) in [6.07, 6.45) is 1.70. The van der Waals surface area contributed by atoms with Gasteiger partial charge in [-0.25, -0.2) is 0 Å². The van der Waals surface area contributed by atoms with Crippen molar-refractivity contribution in [2.24, 2.45) is 0 Å². The van der Waals surface area contributed by atoms with Gasteiger partial charge in [0.25, 0.3) is 11.1 Å². The number of carbonyl (C=O) groups excluding carboxylic acids is 5. The number of likely N-dealkylation sites (tertiary alicyclic amines) is 1. The summed E-state index contributed by atoms with van der Waals surface area (Å²) in [4.78, 5) is 61.8. The van der Waals surface area contributed by atoms with Crippen LogP contribution in [0.3, 0.4) is 0 Å². The van der Waals surface area contributed by atoms with Gasteiger partial charge in [0.2, 0.25) is 17.7 Å². The zero-order valence-electron chi connectivity index (χ0n) is 16.7. The van der Waals surface area contributed by atoms with Crippen LogP contribution in [0.15, 0.2) is 29.2 Å². The molecular formula is C20H19F2N3O6S. The van der Waals surface area contributed by atoms with Gasteiger partial charge in [0.05, 0.1) is 4.91 Å². The minimum atomic E-state index is -2.94. The van der Waals surface area contributed by atoms with E-state index in [0.717, 1.165) is 21.6 Å². The molecule has 12 heteroatoms. The molecule has 9 nitrogen and oxygen atoms in total. The van der Waals surface area contributed by atoms with Gasteiger partial charge in [-0.3, -0.25) is 33.8 Å². The summed E-state index contributed by atoms with van der Waals surface area (Å²) in [5.74, 6) is -1.58. The summed E-state index contributed by atoms with van der Waals surface area (Å²) in [6, 6.07) is 5.59. The maximum absolute atomic E-state index is 12.5. The first-order valence-electron chi connectivity index (χ1n) is 9.64. The Kier molecular flexibility index (Phi) is 7.57. The second-order valence-corrected chi connectivity index (χ2v) is 7.81. The van der Waals surface area contributed by atoms with E-state index < -0.39 is 23.7 Å². The van der Waals surface area contributed by atoms with E-state index >= 15 is 0 Å². The predicted octanol–water partition coefficient (Wildman–Crippen LogP) is 1.98. The Bertz CT molecular complexity index is 951. The fraction of sp³-hybridized carbons (Fsp3) is 0.350. The van der Waals surface area contributed by atoms with E-state index in [1.54, 1.807) is 0 Å². The molecular weight excluding hydrogens is 448 g/mol. The molecule has 2 aliphatic rings. The van der Waals surface area contributed by atoms with E-state index in [2.05, 4.69) is 10.1 Å². The monoisotopic (exact) mass is 467 g/mol. The average molecular weight is 467 g/mol. The SMILES string of the molecule is O=C(CCN1C(=O)CCC1=O)NCCN1C(=O)S/C(=C\c2ccc(OC(F)F)cc2)C1=O. The highest BCUT2D eigenvalue weighted by Crippen LogP contribution is 2.32. The molecule has 170 valence electrons. The number of amides is 5. The lowest BCUT2D eigenvalue weighted by molar-refractivity contribution is -0.138. The molecule has 0 aromatic heterocycles. The molecule has 5 amide bonds. The highest BCUT2D eigenvalue weighted by molar-refractivity contribution is 8.18. The molecule has 2 fully saturated rings. The van der Waals surface area contributed by atoms with Gasteiger partial charge >= 0.3 is 6.61 Å². The van der Waals surface area contributed by atoms with Crippen molar-refractivity contribution in [2.45, 2.75) is 25.9 Å². The van der Waals surface area contributed by atoms with Gasteiger partial charge in [-0.05, 0) is 35.5 Å². The van der Waals surface area contributed by atoms with Crippen molar-refractivity contribution < 1.29 is 37.5 Å². The lowest BCUT2D eigenvalue weighted by Gasteiger charge is -2.15. The number of nitrogens with one attached hydrogen (secondary N) is 1. The molecule has 0 radical (unpaired) electrons. The molecule has 0 atom stereocenters. The summed E-state index contributed by atoms with van der Waals surface area (Å²) in [7, 11) is 0. The average Bonchev–Trinajstić information content (AvgIpc) is 3.20. The van der Waals surface area contributed by atoms with Crippen LogP contribution in [-0.2, 0) is 19.2 Å². The van der Waals surface area contributed by atoms with Crippen LogP contribution in [0, 0.1) is 0 Å². The summed E-state index contributed by atoms with van der Waals surface area (Å²) in [5.41, 5.74) is 0.524. The summed E-state index contributed by atoms with van der Waals surface area (Å²) < 4.78 is 28.7. The Morgan fingerprint density at radius 1 is 1.06 bits per heavy atom. The van der Waals surface area contributed by atoms with Crippen LogP contribution in [0.4, 0.5) is 13.6 Å². The molecule has 0 aliphatic carbocycles. The number of alkyl halides is 2. The van der Waals surface area contributed by atoms with E-state index in [9.17, 15) is 32.8 Å². The van der Waals surface area contributed by atoms with Gasteiger partial charge in [0, 0.05) is 38.9 Å². The van der Waals surface area contributed by atoms with Crippen molar-refractivity contribution >= 4 is 46.7 Å². The van der Waals surface area contributed by atoms with Crippen LogP contribution in [0.2, 0.25) is 0 Å². The number of hydrogen-bond acceptors (Lipinski definition) is 7. The fourth-order valence-electron chi connectivity index (χ4n) is 3.07. The quantitative estimate of drug-likeness (QED) is 0.436. The molecule has 0 bridgehead atoms. The van der Waals surface area contributed by atoms with Crippen molar-refractivity contribution in [3.05, 3.63) is 34.7 Å². The molecule has 1 aromatic carbocycles. The van der Waals surface area contributed by atoms with E-state index in [0.29, 0.717) is 5.56 Å². The van der Waals surface area contributed by atoms with Gasteiger partial charge in [-0.15, -0.1) is 0 Å². The standard InChI is InChI=1S/C20H19F2N3O6S/c21-19(22)31-13-3-1-12(2-4-13)11-14-18(29)25(20(30)32-14)10-8-23-15(26)7-9-24-16(27)5-6-17(24)28/h1-4,11,19H,5-10H2,(H,23,26)/b14-11-. The Hall–Kier alpha value is -3.28. The third-order valence-corrected chi connectivity index (χ3v) is 5.56. The highest BCUT2D eigenvalue weighted by Gasteiger charge is 2.34. The molecule has 32 heavy (non-hydrogen) atoms. The van der Waals surface area contributed by atoms with E-state index in [1.165, 1.54) is 30.3 Å². The van der Waals surface area contributed by atoms with Crippen molar-refractivity contribution in [1.29, 1.82) is 0 Å². The Morgan fingerprint density at radius 3 is 2.34 bits per heavy atom. The number of nitrogens with zero attached hydrogens (tertiary/aromatic N) is 2. The minimum Gasteiger partial charge on any atom is -0.435 e. The van der Waals surface area contributed by atoms with Crippen molar-refractivity contribution in [1.82, 2.24) is 15.1 Å². The molecule has 0 spiro atoms. The maximum atomic E-state index is 12.5. The van der Waals surface area contributed by atoms with Crippen LogP contribution in [0.25, 0.3) is 6.08 Å². The number of hydrogen-bond donors (Lipinski definition) is 1. The molecule has 3 rings (SSSR count). The third-order valence-electron chi connectivity index (χ3n) is 4.65. The predicted molar refractivity (Wildman–Crippen MR) is 109 cm³/mol. The smallest absolute Gasteiger partial charge is 0.387 e. The van der Waals surface area contributed by atoms with Crippen LogP contribution in [0.1, 0.15) is 24.8 Å². The van der Waals surface area contributed by atoms with E-state index in [1.807, 2.05) is 0 Å². The van der Waals surface area contributed by atoms with Gasteiger partial charge in [0.1, 0.15) is 5.75 Å². The first-order chi connectivity index (χ1) is 15.2. The number of carbonyl (C=O) groups is 5. The lowest BCUT2D eigenvalue weighted by Crippen LogP contribution is -2.39. The van der Waals surface area contributed by atoms with Crippen molar-refractivity contribution in [2.75, 3.05) is 19.6 Å². The Balaban J connectivity index is 1.47. The second-order valence-electron chi connectivity index (χ2n) is 6.82. The summed E-state index contributed by atoms with van der Waals surface area (Å²) >= 11 is 0.731. The summed E-state index contributed by atoms with van der Waals surface area (Å²) in [5, 5.41) is 2.05. The van der Waals surface area contributed by atoms with Crippen molar-refractivity contribution in [3.8, 4) is 5.75 Å². The fourth-order valence-corrected chi connectivity index (χ4v) is 3.94. The number of benzene rings is 1. The summed E-state index contributed by atoms with van der Waals surface area (Å²) in [6.45, 7) is -2.97. The first-order valence-corrected chi connectivity index (χ1v) is 10.5. The largest absolute Gasteiger partial charge is 0.435 e. The van der Waals surface area contributed by atoms with Crippen LogP contribution < -0.4 is 10.1 Å². The van der Waals surface area contributed by atoms with Gasteiger partial charge in [0.15, 0.2) is 0 Å². The zero-order chi connectivity index (χ0) is 23.3. The van der Waals surface area contributed by atoms with E-state index in [-0.39, 0.29) is 61.4 Å². The van der Waals surface area contributed by atoms with Gasteiger partial charge < -0.3 is 10.1 Å². The highest BCUT2D eigenvalue weighted by atomic mass is 32.2. The molecule has 0 saturated carbocycles. The molecule has 2 aliphatic heterocycles. The van der Waals surface area contributed by atoms with Crippen LogP contribution >= 0.6 is 11.8 Å². The lowest BCUT2D eigenvalue weighted by atomic mass is 10.2. The first kappa shape index (κ1) is 23.4. The Morgan fingerprint density at radius 2 is 1.72 bits per heavy atom. The normalized spacial score (nSPS) is 17.8. The van der Waals surface area contributed by atoms with E-state index in [4.69, 9.17) is 0 Å². The molecule has 1 N–H and O–H groups in total. The minimum absolute atomic E-state index is 0.00500. The number of ether oxygens (including phenoxy) is 1. The Labute approximate surface area is 185 Å². The molecule has 0 unspecified atom stereocenters. The maximum Gasteiger partial charge on any atom is 0.387 e. The second kappa shape index (κ2) is 10.4. The van der Waals surface area contributed by atoms with Gasteiger partial charge in [-0.2, -0.15) is 8.78 Å². The molecule has 2 heterocycles. The number of rotatable bonds is 9.